The van der Waals surface area contributed by atoms with Crippen LogP contribution in [-0.4, -0.2) is 35.2 Å². The highest BCUT2D eigenvalue weighted by molar-refractivity contribution is 5.92. The van der Waals surface area contributed by atoms with Crippen LogP contribution in [0.1, 0.15) is 19.0 Å². The molecule has 4 N–H and O–H groups in total. The number of hydrogen-bond donors (Lipinski definition) is 3. The molecule has 0 saturated carbocycles. The minimum atomic E-state index is -0.345. The molecular formula is C20H22FN9O. The van der Waals surface area contributed by atoms with Gasteiger partial charge in [-0.25, -0.2) is 9.37 Å². The van der Waals surface area contributed by atoms with E-state index in [2.05, 4.69) is 37.6 Å². The van der Waals surface area contributed by atoms with Gasteiger partial charge in [-0.1, -0.05) is 13.3 Å². The van der Waals surface area contributed by atoms with Gasteiger partial charge in [0.25, 0.3) is 0 Å². The van der Waals surface area contributed by atoms with Gasteiger partial charge in [0, 0.05) is 24.5 Å². The number of nitrogens with two attached hydrogens (primary N) is 1. The molecule has 3 aromatic heterocycles. The van der Waals surface area contributed by atoms with Crippen molar-refractivity contribution in [3.63, 3.8) is 0 Å². The lowest BCUT2D eigenvalue weighted by Gasteiger charge is -2.08. The fraction of sp³-hybridized carbons (Fsp3) is 0.250. The van der Waals surface area contributed by atoms with E-state index in [1.54, 1.807) is 21.4 Å². The molecule has 0 aliphatic carbocycles. The fourth-order valence-corrected chi connectivity index (χ4v) is 3.23. The zero-order chi connectivity index (χ0) is 22.0. The minimum Gasteiger partial charge on any atom is -0.368 e. The molecule has 4 rings (SSSR count). The van der Waals surface area contributed by atoms with Gasteiger partial charge < -0.3 is 20.9 Å². The second kappa shape index (κ2) is 8.38. The Morgan fingerprint density at radius 2 is 2.00 bits per heavy atom. The third-order valence-corrected chi connectivity index (χ3v) is 4.65. The Kier molecular flexibility index (Phi) is 5.48. The Balaban J connectivity index is 1.54. The number of hydrogen-bond acceptors (Lipinski definition) is 7. The van der Waals surface area contributed by atoms with Crippen LogP contribution in [0, 0.1) is 5.82 Å². The number of rotatable bonds is 7. The van der Waals surface area contributed by atoms with E-state index in [0.29, 0.717) is 28.5 Å². The molecule has 0 aliphatic rings. The molecule has 3 heterocycles. The Morgan fingerprint density at radius 3 is 2.74 bits per heavy atom. The number of halogens is 1. The number of aryl methyl sites for hydroxylation is 2. The van der Waals surface area contributed by atoms with E-state index < -0.39 is 0 Å². The van der Waals surface area contributed by atoms with E-state index in [1.165, 1.54) is 18.5 Å². The third-order valence-electron chi connectivity index (χ3n) is 4.65. The number of amides is 1. The van der Waals surface area contributed by atoms with Crippen molar-refractivity contribution in [1.29, 1.82) is 0 Å². The summed E-state index contributed by atoms with van der Waals surface area (Å²) in [6, 6.07) is 7.67. The molecule has 0 radical (unpaired) electrons. The number of anilines is 4. The third kappa shape index (κ3) is 4.44. The number of nitrogens with one attached hydrogen (secondary N) is 2. The van der Waals surface area contributed by atoms with Crippen molar-refractivity contribution in [1.82, 2.24) is 29.3 Å². The van der Waals surface area contributed by atoms with Gasteiger partial charge in [0.1, 0.15) is 12.4 Å². The smallest absolute Gasteiger partial charge is 0.245 e. The first kappa shape index (κ1) is 20.3. The fourth-order valence-electron chi connectivity index (χ4n) is 3.23. The maximum absolute atomic E-state index is 13.2. The molecular weight excluding hydrogens is 401 g/mol. The summed E-state index contributed by atoms with van der Waals surface area (Å²) < 4.78 is 16.5. The van der Waals surface area contributed by atoms with Crippen LogP contribution >= 0.6 is 0 Å². The summed E-state index contributed by atoms with van der Waals surface area (Å²) in [4.78, 5) is 25.3. The second-order valence-corrected chi connectivity index (χ2v) is 7.05. The van der Waals surface area contributed by atoms with Gasteiger partial charge in [0.2, 0.25) is 11.9 Å². The molecule has 0 saturated heterocycles. The zero-order valence-corrected chi connectivity index (χ0v) is 17.1. The molecule has 0 atom stereocenters. The van der Waals surface area contributed by atoms with Crippen molar-refractivity contribution < 1.29 is 9.18 Å². The lowest BCUT2D eigenvalue weighted by atomic mass is 10.2. The van der Waals surface area contributed by atoms with Crippen molar-refractivity contribution in [3.05, 3.63) is 48.2 Å². The van der Waals surface area contributed by atoms with E-state index in [1.807, 2.05) is 13.1 Å². The lowest BCUT2D eigenvalue weighted by Crippen LogP contribution is -2.19. The Bertz CT molecular complexity index is 1230. The van der Waals surface area contributed by atoms with Crippen LogP contribution in [0.4, 0.5) is 27.7 Å². The zero-order valence-electron chi connectivity index (χ0n) is 17.1. The summed E-state index contributed by atoms with van der Waals surface area (Å²) >= 11 is 0. The first-order chi connectivity index (χ1) is 14.9. The molecule has 1 amide bonds. The van der Waals surface area contributed by atoms with Crippen LogP contribution < -0.4 is 16.4 Å². The monoisotopic (exact) mass is 423 g/mol. The van der Waals surface area contributed by atoms with Crippen molar-refractivity contribution in [2.75, 3.05) is 16.4 Å². The van der Waals surface area contributed by atoms with Gasteiger partial charge in [-0.3, -0.25) is 9.48 Å². The van der Waals surface area contributed by atoms with Gasteiger partial charge in [-0.15, -0.1) is 0 Å². The van der Waals surface area contributed by atoms with E-state index >= 15 is 0 Å². The predicted molar refractivity (Wildman–Crippen MR) is 115 cm³/mol. The van der Waals surface area contributed by atoms with Crippen molar-refractivity contribution >= 4 is 40.3 Å². The number of aromatic nitrogens is 6. The summed E-state index contributed by atoms with van der Waals surface area (Å²) in [6.07, 6.45) is 3.37. The molecule has 0 spiro atoms. The average molecular weight is 423 g/mol. The predicted octanol–water partition coefficient (Wildman–Crippen LogP) is 2.62. The van der Waals surface area contributed by atoms with Gasteiger partial charge in [-0.05, 0) is 30.7 Å². The Hall–Kier alpha value is -4.02. The average Bonchev–Trinajstić information content (AvgIpc) is 3.27. The summed E-state index contributed by atoms with van der Waals surface area (Å²) in [7, 11) is 1.85. The molecule has 10 nitrogen and oxygen atoms in total. The van der Waals surface area contributed by atoms with Crippen molar-refractivity contribution in [3.8, 4) is 0 Å². The number of nitrogens with zero attached hydrogens (tertiary/aromatic N) is 6. The normalized spacial score (nSPS) is 11.1. The standard InChI is InChI=1S/C20H22FN9O/c1-3-4-14-9-15(28-29(14)2)25-16(31)10-30-11-23-17-18(26-20(22)27-19(17)30)24-13-7-5-12(21)6-8-13/h5-9,11H,3-4,10H2,1-2H3,(H,25,28,31)(H3,22,24,26,27). The first-order valence-corrected chi connectivity index (χ1v) is 9.76. The van der Waals surface area contributed by atoms with Crippen molar-refractivity contribution in [2.24, 2.45) is 7.05 Å². The summed E-state index contributed by atoms with van der Waals surface area (Å²) in [6.45, 7) is 2.06. The van der Waals surface area contributed by atoms with Crippen LogP contribution in [0.25, 0.3) is 11.2 Å². The van der Waals surface area contributed by atoms with Gasteiger partial charge in [0.05, 0.1) is 6.33 Å². The van der Waals surface area contributed by atoms with Crippen LogP contribution in [0.5, 0.6) is 0 Å². The van der Waals surface area contributed by atoms with Gasteiger partial charge in [-0.2, -0.15) is 15.1 Å². The van der Waals surface area contributed by atoms with E-state index in [9.17, 15) is 9.18 Å². The van der Waals surface area contributed by atoms with Crippen LogP contribution in [-0.2, 0) is 24.8 Å². The van der Waals surface area contributed by atoms with Gasteiger partial charge in [0.15, 0.2) is 22.8 Å². The maximum Gasteiger partial charge on any atom is 0.245 e. The number of nitrogen functional groups attached to an aromatic ring is 1. The van der Waals surface area contributed by atoms with Crippen LogP contribution in [0.15, 0.2) is 36.7 Å². The quantitative estimate of drug-likeness (QED) is 0.417. The second-order valence-electron chi connectivity index (χ2n) is 7.05. The lowest BCUT2D eigenvalue weighted by molar-refractivity contribution is -0.116. The summed E-state index contributed by atoms with van der Waals surface area (Å²) in [5.74, 6) is 0.261. The number of benzene rings is 1. The number of imidazole rings is 1. The van der Waals surface area contributed by atoms with Crippen molar-refractivity contribution in [2.45, 2.75) is 26.3 Å². The Morgan fingerprint density at radius 1 is 1.23 bits per heavy atom. The minimum absolute atomic E-state index is 0.0215. The van der Waals surface area contributed by atoms with Crippen LogP contribution in [0.2, 0.25) is 0 Å². The molecule has 1 aromatic carbocycles. The molecule has 160 valence electrons. The highest BCUT2D eigenvalue weighted by Crippen LogP contribution is 2.24. The largest absolute Gasteiger partial charge is 0.368 e. The topological polar surface area (TPSA) is 129 Å². The number of carbonyl (C=O) groups excluding carboxylic acids is 1. The van der Waals surface area contributed by atoms with Crippen LogP contribution in [0.3, 0.4) is 0 Å². The number of carbonyl (C=O) groups is 1. The number of fused-ring (bicyclic) bond motifs is 1. The maximum atomic E-state index is 13.2. The first-order valence-electron chi connectivity index (χ1n) is 9.76. The molecule has 11 heteroatoms. The SMILES string of the molecule is CCCc1cc(NC(=O)Cn2cnc3c(Nc4ccc(F)cc4)nc(N)nc32)nn1C. The molecule has 4 aromatic rings. The van der Waals surface area contributed by atoms with E-state index in [0.717, 1.165) is 18.5 Å². The summed E-state index contributed by atoms with van der Waals surface area (Å²) in [5, 5.41) is 10.2. The van der Waals surface area contributed by atoms with E-state index in [-0.39, 0.29) is 24.2 Å². The molecule has 0 fully saturated rings. The molecule has 0 aliphatic heterocycles. The highest BCUT2D eigenvalue weighted by Gasteiger charge is 2.15. The summed E-state index contributed by atoms with van der Waals surface area (Å²) in [5.41, 5.74) is 8.36. The van der Waals surface area contributed by atoms with E-state index in [4.69, 9.17) is 5.73 Å². The molecule has 0 bridgehead atoms. The Labute approximate surface area is 177 Å². The highest BCUT2D eigenvalue weighted by atomic mass is 19.1. The van der Waals surface area contributed by atoms with Gasteiger partial charge >= 0.3 is 0 Å². The molecule has 31 heavy (non-hydrogen) atoms. The molecule has 0 unspecified atom stereocenters.